The summed E-state index contributed by atoms with van der Waals surface area (Å²) in [6, 6.07) is 2.10. The number of fused-ring (bicyclic) bond motifs is 3. The highest BCUT2D eigenvalue weighted by Gasteiger charge is 2.24. The van der Waals surface area contributed by atoms with Crippen LogP contribution in [-0.2, 0) is 22.4 Å². The number of aromatic amines is 1. The summed E-state index contributed by atoms with van der Waals surface area (Å²) in [5, 5.41) is 8.38. The molecule has 0 aliphatic carbocycles. The van der Waals surface area contributed by atoms with Gasteiger partial charge in [-0.25, -0.2) is 0 Å². The summed E-state index contributed by atoms with van der Waals surface area (Å²) in [6.07, 6.45) is 2.06. The minimum Gasteiger partial charge on any atom is -0.379 e. The molecule has 3 heterocycles. The quantitative estimate of drug-likeness (QED) is 0.777. The van der Waals surface area contributed by atoms with Crippen molar-refractivity contribution in [2.75, 3.05) is 25.1 Å². The topological polar surface area (TPSA) is 66.2 Å². The van der Waals surface area contributed by atoms with Crippen LogP contribution in [0.5, 0.6) is 0 Å². The van der Waals surface area contributed by atoms with Gasteiger partial charge in [-0.1, -0.05) is 23.2 Å². The van der Waals surface area contributed by atoms with Crippen LogP contribution in [0.4, 0.5) is 5.69 Å². The molecule has 2 aromatic rings. The number of ether oxygens (including phenoxy) is 1. The van der Waals surface area contributed by atoms with E-state index < -0.39 is 0 Å². The fourth-order valence-electron chi connectivity index (χ4n) is 3.37. The van der Waals surface area contributed by atoms with Gasteiger partial charge in [-0.3, -0.25) is 4.79 Å². The van der Waals surface area contributed by atoms with Crippen molar-refractivity contribution < 1.29 is 9.53 Å². The molecule has 0 spiro atoms. The number of hydrogen-bond acceptors (Lipinski definition) is 3. The summed E-state index contributed by atoms with van der Waals surface area (Å²) in [7, 11) is 0. The average Bonchev–Trinajstić information content (AvgIpc) is 3.10. The molecule has 2 aliphatic heterocycles. The van der Waals surface area contributed by atoms with E-state index >= 15 is 0 Å². The van der Waals surface area contributed by atoms with Gasteiger partial charge in [0, 0.05) is 36.3 Å². The predicted octanol–water partition coefficient (Wildman–Crippen LogP) is 2.89. The summed E-state index contributed by atoms with van der Waals surface area (Å²) in [4.78, 5) is 15.3. The van der Waals surface area contributed by atoms with Gasteiger partial charge in [-0.05, 0) is 18.1 Å². The van der Waals surface area contributed by atoms with Gasteiger partial charge in [0.2, 0.25) is 5.91 Å². The van der Waals surface area contributed by atoms with Gasteiger partial charge < -0.3 is 20.4 Å². The SMILES string of the molecule is O=C1Cc2c([nH]c3c(Cl)c(Cl)cc(NC4CCOC4)c23)CCN1. The monoisotopic (exact) mass is 353 g/mol. The predicted molar refractivity (Wildman–Crippen MR) is 91.6 cm³/mol. The lowest BCUT2D eigenvalue weighted by Crippen LogP contribution is -2.24. The Labute approximate surface area is 143 Å². The van der Waals surface area contributed by atoms with Crippen molar-refractivity contribution in [1.29, 1.82) is 0 Å². The van der Waals surface area contributed by atoms with Crippen LogP contribution in [0.15, 0.2) is 6.07 Å². The van der Waals surface area contributed by atoms with E-state index in [0.29, 0.717) is 29.6 Å². The third kappa shape index (κ3) is 2.67. The number of carbonyl (C=O) groups is 1. The van der Waals surface area contributed by atoms with Gasteiger partial charge in [0.05, 0.1) is 34.6 Å². The van der Waals surface area contributed by atoms with Gasteiger partial charge in [-0.15, -0.1) is 0 Å². The zero-order valence-corrected chi connectivity index (χ0v) is 14.0. The first kappa shape index (κ1) is 15.1. The molecule has 1 aromatic carbocycles. The number of benzene rings is 1. The molecule has 2 aliphatic rings. The van der Waals surface area contributed by atoms with Crippen molar-refractivity contribution in [2.24, 2.45) is 0 Å². The molecule has 1 atom stereocenters. The van der Waals surface area contributed by atoms with E-state index in [4.69, 9.17) is 27.9 Å². The highest BCUT2D eigenvalue weighted by Crippen LogP contribution is 2.40. The number of amides is 1. The Kier molecular flexibility index (Phi) is 3.87. The Morgan fingerprint density at radius 2 is 2.22 bits per heavy atom. The molecular formula is C16H17Cl2N3O2. The lowest BCUT2D eigenvalue weighted by atomic mass is 10.0. The molecule has 7 heteroatoms. The van der Waals surface area contributed by atoms with Crippen LogP contribution in [0.2, 0.25) is 10.0 Å². The highest BCUT2D eigenvalue weighted by atomic mass is 35.5. The second-order valence-electron chi connectivity index (χ2n) is 6.03. The number of aromatic nitrogens is 1. The second kappa shape index (κ2) is 5.89. The molecule has 1 fully saturated rings. The molecule has 4 rings (SSSR count). The third-order valence-corrected chi connectivity index (χ3v) is 5.27. The normalized spacial score (nSPS) is 21.1. The molecule has 3 N–H and O–H groups in total. The fourth-order valence-corrected chi connectivity index (χ4v) is 3.77. The number of carbonyl (C=O) groups excluding carboxylic acids is 1. The molecule has 0 radical (unpaired) electrons. The summed E-state index contributed by atoms with van der Waals surface area (Å²) in [5.74, 6) is 0.0332. The maximum atomic E-state index is 12.0. The van der Waals surface area contributed by atoms with E-state index in [1.807, 2.05) is 6.07 Å². The minimum absolute atomic E-state index is 0.0332. The first-order valence-corrected chi connectivity index (χ1v) is 8.51. The summed E-state index contributed by atoms with van der Waals surface area (Å²) in [5.41, 5.74) is 3.78. The molecule has 1 amide bonds. The first-order valence-electron chi connectivity index (χ1n) is 7.76. The molecule has 5 nitrogen and oxygen atoms in total. The van der Waals surface area contributed by atoms with Crippen LogP contribution in [0.1, 0.15) is 17.7 Å². The van der Waals surface area contributed by atoms with Crippen molar-refractivity contribution in [1.82, 2.24) is 10.3 Å². The number of hydrogen-bond donors (Lipinski definition) is 3. The maximum Gasteiger partial charge on any atom is 0.224 e. The van der Waals surface area contributed by atoms with Crippen molar-refractivity contribution >= 4 is 45.7 Å². The van der Waals surface area contributed by atoms with E-state index in [9.17, 15) is 4.79 Å². The Bertz CT molecular complexity index is 781. The average molecular weight is 354 g/mol. The summed E-state index contributed by atoms with van der Waals surface area (Å²) < 4.78 is 5.43. The maximum absolute atomic E-state index is 12.0. The Hall–Kier alpha value is -1.43. The van der Waals surface area contributed by atoms with Gasteiger partial charge in [0.15, 0.2) is 0 Å². The first-order chi connectivity index (χ1) is 11.1. The fraction of sp³-hybridized carbons (Fsp3) is 0.438. The zero-order valence-electron chi connectivity index (χ0n) is 12.5. The third-order valence-electron chi connectivity index (χ3n) is 4.49. The van der Waals surface area contributed by atoms with Crippen LogP contribution >= 0.6 is 23.2 Å². The lowest BCUT2D eigenvalue weighted by Gasteiger charge is -2.15. The van der Waals surface area contributed by atoms with Crippen LogP contribution in [0.3, 0.4) is 0 Å². The van der Waals surface area contributed by atoms with Crippen molar-refractivity contribution in [2.45, 2.75) is 25.3 Å². The van der Waals surface area contributed by atoms with Gasteiger partial charge >= 0.3 is 0 Å². The van der Waals surface area contributed by atoms with Crippen LogP contribution in [-0.4, -0.2) is 36.7 Å². The molecule has 0 saturated carbocycles. The van der Waals surface area contributed by atoms with Gasteiger partial charge in [0.1, 0.15) is 0 Å². The number of rotatable bonds is 2. The van der Waals surface area contributed by atoms with Crippen molar-refractivity contribution in [3.63, 3.8) is 0 Å². The summed E-state index contributed by atoms with van der Waals surface area (Å²) >= 11 is 12.7. The Morgan fingerprint density at radius 1 is 1.35 bits per heavy atom. The van der Waals surface area contributed by atoms with E-state index in [2.05, 4.69) is 15.6 Å². The largest absolute Gasteiger partial charge is 0.379 e. The standard InChI is InChI=1S/C16H17Cl2N3O2/c17-10-6-12(20-8-2-4-23-7-8)14-9-5-13(22)19-3-1-11(9)21-16(14)15(10)18/h6,8,20-21H,1-5,7H2,(H,19,22). The number of anilines is 1. The van der Waals surface area contributed by atoms with E-state index in [-0.39, 0.29) is 11.9 Å². The molecule has 1 unspecified atom stereocenters. The smallest absolute Gasteiger partial charge is 0.224 e. The molecular weight excluding hydrogens is 337 g/mol. The number of nitrogens with one attached hydrogen (secondary N) is 3. The molecule has 1 saturated heterocycles. The van der Waals surface area contributed by atoms with Crippen LogP contribution in [0.25, 0.3) is 10.9 Å². The minimum atomic E-state index is 0.0332. The molecule has 0 bridgehead atoms. The van der Waals surface area contributed by atoms with Gasteiger partial charge in [0.25, 0.3) is 0 Å². The number of H-pyrrole nitrogens is 1. The highest BCUT2D eigenvalue weighted by molar-refractivity contribution is 6.45. The zero-order chi connectivity index (χ0) is 16.0. The second-order valence-corrected chi connectivity index (χ2v) is 6.82. The Morgan fingerprint density at radius 3 is 3.00 bits per heavy atom. The van der Waals surface area contributed by atoms with Crippen LogP contribution in [0, 0.1) is 0 Å². The van der Waals surface area contributed by atoms with Crippen molar-refractivity contribution in [3.05, 3.63) is 27.4 Å². The van der Waals surface area contributed by atoms with E-state index in [1.165, 1.54) is 0 Å². The van der Waals surface area contributed by atoms with E-state index in [1.54, 1.807) is 0 Å². The van der Waals surface area contributed by atoms with Crippen LogP contribution < -0.4 is 10.6 Å². The van der Waals surface area contributed by atoms with E-state index in [0.717, 1.165) is 47.3 Å². The molecule has 1 aromatic heterocycles. The molecule has 122 valence electrons. The Balaban J connectivity index is 1.88. The number of halogens is 2. The molecule has 23 heavy (non-hydrogen) atoms. The van der Waals surface area contributed by atoms with Crippen molar-refractivity contribution in [3.8, 4) is 0 Å². The van der Waals surface area contributed by atoms with Gasteiger partial charge in [-0.2, -0.15) is 0 Å². The lowest BCUT2D eigenvalue weighted by molar-refractivity contribution is -0.120. The summed E-state index contributed by atoms with van der Waals surface area (Å²) in [6.45, 7) is 2.06.